The van der Waals surface area contributed by atoms with Crippen molar-refractivity contribution in [3.05, 3.63) is 46.9 Å². The van der Waals surface area contributed by atoms with Gasteiger partial charge in [0.2, 0.25) is 6.54 Å². The molecule has 17 heteroatoms. The van der Waals surface area contributed by atoms with Gasteiger partial charge in [-0.15, -0.1) is 34.9 Å². The molecule has 0 bridgehead atoms. The van der Waals surface area contributed by atoms with Crippen molar-refractivity contribution in [2.24, 2.45) is 5.16 Å². The summed E-state index contributed by atoms with van der Waals surface area (Å²) in [6, 6.07) is 2.54. The van der Waals surface area contributed by atoms with Gasteiger partial charge in [0.1, 0.15) is 29.4 Å². The summed E-state index contributed by atoms with van der Waals surface area (Å²) in [5.41, 5.74) is 6.22. The Hall–Kier alpha value is -2.63. The average molecular weight is 604 g/mol. The minimum atomic E-state index is -1.23. The van der Waals surface area contributed by atoms with Crippen molar-refractivity contribution in [2.45, 2.75) is 29.8 Å². The molecule has 4 heterocycles. The minimum absolute atomic E-state index is 0. The van der Waals surface area contributed by atoms with E-state index in [2.05, 4.69) is 15.5 Å². The number of β-lactam (4-membered cyclic amide) rings is 1. The number of rotatable bonds is 11. The first-order chi connectivity index (χ1) is 18.2. The van der Waals surface area contributed by atoms with E-state index in [4.69, 9.17) is 15.7 Å². The molecule has 1 fully saturated rings. The first kappa shape index (κ1) is 30.9. The van der Waals surface area contributed by atoms with Crippen LogP contribution in [0.4, 0.5) is 5.13 Å². The fourth-order valence-electron chi connectivity index (χ4n) is 3.71. The van der Waals surface area contributed by atoms with Gasteiger partial charge >= 0.3 is 41.5 Å². The number of hydrogen-bond acceptors (Lipinski definition) is 11. The number of thioether (sulfide) groups is 2. The van der Waals surface area contributed by atoms with E-state index in [0.29, 0.717) is 17.1 Å². The van der Waals surface area contributed by atoms with Crippen LogP contribution in [0.1, 0.15) is 14.0 Å². The van der Waals surface area contributed by atoms with E-state index in [9.17, 15) is 24.3 Å². The smallest absolute Gasteiger partial charge is 1.00 e. The molecule has 5 N–H and O–H groups in total. The molecule has 1 saturated heterocycles. The van der Waals surface area contributed by atoms with Crippen molar-refractivity contribution in [3.63, 3.8) is 0 Å². The summed E-state index contributed by atoms with van der Waals surface area (Å²) >= 11 is 3.85. The van der Waals surface area contributed by atoms with Crippen LogP contribution >= 0.6 is 34.9 Å². The number of oxime groups is 1. The summed E-state index contributed by atoms with van der Waals surface area (Å²) in [5, 5.41) is 26.4. The zero-order chi connectivity index (χ0) is 27.4. The molecule has 0 saturated carbocycles. The predicted molar refractivity (Wildman–Crippen MR) is 140 cm³/mol. The molecule has 202 valence electrons. The van der Waals surface area contributed by atoms with Gasteiger partial charge in [-0.05, 0) is 12.5 Å². The number of thiazole rings is 1. The second-order valence-corrected chi connectivity index (χ2v) is 11.0. The molecule has 0 radical (unpaired) electrons. The van der Waals surface area contributed by atoms with Crippen molar-refractivity contribution in [1.29, 1.82) is 0 Å². The Morgan fingerprint density at radius 1 is 1.36 bits per heavy atom. The van der Waals surface area contributed by atoms with Crippen LogP contribution in [0.2, 0.25) is 0 Å². The van der Waals surface area contributed by atoms with Gasteiger partial charge in [-0.2, -0.15) is 4.57 Å². The topological polar surface area (TPSA) is 188 Å². The number of nitrogens with two attached hydrogens (primary N) is 1. The molecule has 39 heavy (non-hydrogen) atoms. The van der Waals surface area contributed by atoms with Gasteiger partial charge in [0.25, 0.3) is 11.8 Å². The average Bonchev–Trinajstić information content (AvgIpc) is 3.31. The molecule has 2 aromatic heterocycles. The molecular formula is C22H24N6NaO7S3+. The summed E-state index contributed by atoms with van der Waals surface area (Å²) in [6.07, 6.45) is 3.26. The van der Waals surface area contributed by atoms with Crippen LogP contribution in [0, 0.1) is 0 Å². The maximum Gasteiger partial charge on any atom is 1.00 e. The molecule has 2 amide bonds. The van der Waals surface area contributed by atoms with Gasteiger partial charge in [-0.3, -0.25) is 14.5 Å². The molecule has 2 aliphatic rings. The monoisotopic (exact) mass is 603 g/mol. The van der Waals surface area contributed by atoms with E-state index in [1.54, 1.807) is 36.8 Å². The van der Waals surface area contributed by atoms with E-state index in [0.717, 1.165) is 16.2 Å². The van der Waals surface area contributed by atoms with Gasteiger partial charge in [0.15, 0.2) is 23.2 Å². The van der Waals surface area contributed by atoms with Gasteiger partial charge in [-0.25, -0.2) is 14.6 Å². The molecule has 2 atom stereocenters. The summed E-state index contributed by atoms with van der Waals surface area (Å²) in [5.74, 6) is -2.74. The van der Waals surface area contributed by atoms with E-state index < -0.39 is 35.2 Å². The minimum Gasteiger partial charge on any atom is -1.00 e. The molecule has 13 nitrogen and oxygen atoms in total. The molecule has 0 aliphatic carbocycles. The van der Waals surface area contributed by atoms with Crippen LogP contribution in [0.25, 0.3) is 0 Å². The van der Waals surface area contributed by atoms with Crippen molar-refractivity contribution in [3.8, 4) is 0 Å². The van der Waals surface area contributed by atoms with Crippen molar-refractivity contribution in [1.82, 2.24) is 15.2 Å². The molecular weight excluding hydrogens is 579 g/mol. The molecule has 0 unspecified atom stereocenters. The summed E-state index contributed by atoms with van der Waals surface area (Å²) in [6.45, 7) is 1.75. The zero-order valence-electron chi connectivity index (χ0n) is 21.9. The van der Waals surface area contributed by atoms with E-state index >= 15 is 0 Å². The molecule has 4 rings (SSSR count). The third-order valence-electron chi connectivity index (χ3n) is 5.39. The maximum absolute atomic E-state index is 13.0. The second kappa shape index (κ2) is 13.6. The predicted octanol–water partition coefficient (Wildman–Crippen LogP) is -2.51. The number of amides is 2. The van der Waals surface area contributed by atoms with Crippen LogP contribution in [0.5, 0.6) is 0 Å². The van der Waals surface area contributed by atoms with Crippen LogP contribution < -0.4 is 45.2 Å². The molecule has 0 spiro atoms. The third-order valence-corrected chi connectivity index (χ3v) is 8.50. The number of carbonyl (C=O) groups is 4. The quantitative estimate of drug-likeness (QED) is 0.0530. The zero-order valence-corrected chi connectivity index (χ0v) is 25.3. The van der Waals surface area contributed by atoms with Crippen molar-refractivity contribution in [2.75, 3.05) is 23.8 Å². The van der Waals surface area contributed by atoms with Crippen molar-refractivity contribution >= 4 is 69.5 Å². The summed E-state index contributed by atoms with van der Waals surface area (Å²) < 4.78 is 1.51. The Kier molecular flexibility index (Phi) is 10.8. The number of hydrogen-bond donors (Lipinski definition) is 4. The van der Waals surface area contributed by atoms with Gasteiger partial charge in [0.05, 0.1) is 0 Å². The van der Waals surface area contributed by atoms with Crippen LogP contribution in [-0.4, -0.2) is 79.1 Å². The van der Waals surface area contributed by atoms with E-state index in [-0.39, 0.29) is 66.4 Å². The number of carboxylic acid groups (broad SMARTS) is 2. The van der Waals surface area contributed by atoms with Crippen LogP contribution in [0.3, 0.4) is 0 Å². The number of carbonyl (C=O) groups excluding carboxylic acids is 2. The van der Waals surface area contributed by atoms with Crippen LogP contribution in [-0.2, 0) is 30.6 Å². The molecule has 2 aromatic rings. The van der Waals surface area contributed by atoms with Crippen molar-refractivity contribution < 1.29 is 69.8 Å². The number of anilines is 1. The first-order valence-electron chi connectivity index (χ1n) is 11.2. The number of nitrogen functional groups attached to an aromatic ring is 1. The fraction of sp³-hybridized carbons (Fsp3) is 0.318. The Morgan fingerprint density at radius 2 is 2.08 bits per heavy atom. The third kappa shape index (κ3) is 7.12. The summed E-state index contributed by atoms with van der Waals surface area (Å²) in [4.78, 5) is 60.0. The van der Waals surface area contributed by atoms with Gasteiger partial charge in [0, 0.05) is 33.9 Å². The van der Waals surface area contributed by atoms with E-state index in [1.165, 1.54) is 33.0 Å². The number of nitrogens with one attached hydrogen (secondary N) is 1. The number of nitrogens with zero attached hydrogens (tertiary/aromatic N) is 4. The summed E-state index contributed by atoms with van der Waals surface area (Å²) in [7, 11) is 0. The number of fused-ring (bicyclic) bond motifs is 1. The SMILES string of the molecule is CCO/N=C(\C(=O)N[C@@H]1C(=O)N2C(C(=O)O)=C(CSc3cc[n+](CC(=O)O)cc3)CS[C@H]12)c1csc(N)n1.[H-].[Na+]. The Balaban J connectivity index is 0.00000280. The first-order valence-corrected chi connectivity index (χ1v) is 14.1. The fourth-order valence-corrected chi connectivity index (χ4v) is 6.62. The molecule has 2 aliphatic heterocycles. The normalized spacial score (nSPS) is 18.5. The van der Waals surface area contributed by atoms with Gasteiger partial charge in [-0.1, -0.05) is 5.16 Å². The standard InChI is InChI=1S/C22H22N6O7S3.Na.H/c1-2-35-26-15(13-10-38-22(23)24-13)18(31)25-16-19(32)28-17(21(33)34)11(9-37-20(16)28)8-36-12-3-5-27(6-4-12)7-14(29)30;;/h3-6,10,16,20H,2,7-9H2,1H3,(H4-,23,24,25,29,30,31,33,34);;/q;+1;-1/p+1/b26-15-;;/t16-,20-;;/m1../s1. The van der Waals surface area contributed by atoms with Crippen LogP contribution in [0.15, 0.2) is 51.2 Å². The number of aliphatic carboxylic acids is 2. The van der Waals surface area contributed by atoms with Gasteiger partial charge < -0.3 is 27.5 Å². The largest absolute Gasteiger partial charge is 1.00 e. The molecule has 0 aromatic carbocycles. The number of carboxylic acids is 2. The Bertz CT molecular complexity index is 1340. The number of pyridine rings is 1. The second-order valence-electron chi connectivity index (χ2n) is 7.94. The maximum atomic E-state index is 13.0. The number of aromatic nitrogens is 2. The van der Waals surface area contributed by atoms with E-state index in [1.807, 2.05) is 0 Å². The Labute approximate surface area is 258 Å². The Morgan fingerprint density at radius 3 is 2.67 bits per heavy atom.